The summed E-state index contributed by atoms with van der Waals surface area (Å²) in [7, 11) is 0. The maximum absolute atomic E-state index is 12.4. The third kappa shape index (κ3) is 3.46. The Labute approximate surface area is 109 Å². The molecule has 1 aromatic heterocycles. The molecule has 0 N–H and O–H groups in total. The van der Waals surface area contributed by atoms with Crippen molar-refractivity contribution in [2.45, 2.75) is 12.5 Å². The average Bonchev–Trinajstić information content (AvgIpc) is 2.17. The number of carbonyl (C=O) groups is 1. The zero-order valence-corrected chi connectivity index (χ0v) is 10.2. The fourth-order valence-electron chi connectivity index (χ4n) is 0.985. The van der Waals surface area contributed by atoms with Crippen LogP contribution >= 0.6 is 22.6 Å². The van der Waals surface area contributed by atoms with E-state index in [1.54, 1.807) is 0 Å². The fourth-order valence-corrected chi connectivity index (χ4v) is 1.85. The molecule has 100 valence electrons. The Balaban J connectivity index is 3.41. The molecule has 0 amide bonds. The number of halogens is 7. The van der Waals surface area contributed by atoms with Gasteiger partial charge in [-0.15, -0.1) is 13.2 Å². The molecule has 0 aromatic carbocycles. The summed E-state index contributed by atoms with van der Waals surface area (Å²) >= 11 is 0.989. The number of rotatable bonds is 2. The van der Waals surface area contributed by atoms with Gasteiger partial charge >= 0.3 is 12.5 Å². The van der Waals surface area contributed by atoms with Crippen molar-refractivity contribution in [2.24, 2.45) is 0 Å². The van der Waals surface area contributed by atoms with Gasteiger partial charge in [-0.2, -0.15) is 13.2 Å². The third-order valence-electron chi connectivity index (χ3n) is 1.62. The van der Waals surface area contributed by atoms with Crippen molar-refractivity contribution in [3.05, 3.63) is 21.0 Å². The highest BCUT2D eigenvalue weighted by atomic mass is 127. The van der Waals surface area contributed by atoms with Crippen molar-refractivity contribution in [1.82, 2.24) is 4.98 Å². The lowest BCUT2D eigenvalue weighted by Crippen LogP contribution is -2.21. The standard InChI is InChI=1S/C8H2F6INO2/c9-7(10,11)6-4(15)5(18-8(12,13)14)3(2-17)1-16-6/h1-2H. The molecule has 1 rings (SSSR count). The number of pyridine rings is 1. The van der Waals surface area contributed by atoms with E-state index in [9.17, 15) is 31.1 Å². The Morgan fingerprint density at radius 1 is 1.22 bits per heavy atom. The van der Waals surface area contributed by atoms with Gasteiger partial charge in [0, 0.05) is 6.20 Å². The summed E-state index contributed by atoms with van der Waals surface area (Å²) in [4.78, 5) is 13.4. The normalized spacial score (nSPS) is 12.4. The quantitative estimate of drug-likeness (QED) is 0.445. The smallest absolute Gasteiger partial charge is 0.404 e. The van der Waals surface area contributed by atoms with E-state index in [1.807, 2.05) is 0 Å². The predicted octanol–water partition coefficient (Wildman–Crippen LogP) is 3.42. The molecule has 0 bridgehead atoms. The maximum Gasteiger partial charge on any atom is 0.573 e. The molecule has 0 aliphatic heterocycles. The van der Waals surface area contributed by atoms with Crippen LogP contribution in [0.5, 0.6) is 5.75 Å². The number of hydrogen-bond donors (Lipinski definition) is 0. The second-order valence-corrected chi connectivity index (χ2v) is 3.95. The maximum atomic E-state index is 12.4. The first kappa shape index (κ1) is 15.0. The summed E-state index contributed by atoms with van der Waals surface area (Å²) in [5.74, 6) is -1.21. The number of nitrogens with zero attached hydrogens (tertiary/aromatic N) is 1. The number of hydrogen-bond acceptors (Lipinski definition) is 3. The Morgan fingerprint density at radius 2 is 1.78 bits per heavy atom. The molecule has 10 heteroatoms. The van der Waals surface area contributed by atoms with E-state index in [-0.39, 0.29) is 6.29 Å². The highest BCUT2D eigenvalue weighted by Crippen LogP contribution is 2.38. The lowest BCUT2D eigenvalue weighted by Gasteiger charge is -2.15. The van der Waals surface area contributed by atoms with Gasteiger partial charge in [0.05, 0.1) is 9.13 Å². The summed E-state index contributed by atoms with van der Waals surface area (Å²) in [5.41, 5.74) is -2.27. The van der Waals surface area contributed by atoms with Gasteiger partial charge < -0.3 is 4.74 Å². The number of alkyl halides is 6. The van der Waals surface area contributed by atoms with Crippen molar-refractivity contribution in [2.75, 3.05) is 0 Å². The Kier molecular flexibility index (Phi) is 4.08. The fraction of sp³-hybridized carbons (Fsp3) is 0.250. The first-order valence-electron chi connectivity index (χ1n) is 4.03. The molecule has 1 heterocycles. The molecule has 0 spiro atoms. The summed E-state index contributed by atoms with van der Waals surface area (Å²) in [5, 5.41) is 0. The minimum absolute atomic E-state index is 0.0730. The molecule has 0 aliphatic rings. The summed E-state index contributed by atoms with van der Waals surface area (Å²) in [6, 6.07) is 0. The first-order chi connectivity index (χ1) is 8.06. The van der Waals surface area contributed by atoms with E-state index in [2.05, 4.69) is 9.72 Å². The predicted molar refractivity (Wildman–Crippen MR) is 54.0 cm³/mol. The highest BCUT2D eigenvalue weighted by Gasteiger charge is 2.40. The van der Waals surface area contributed by atoms with Crippen molar-refractivity contribution in [3.63, 3.8) is 0 Å². The van der Waals surface area contributed by atoms with Gasteiger partial charge in [-0.1, -0.05) is 0 Å². The molecular formula is C8H2F6INO2. The molecule has 0 fully saturated rings. The minimum atomic E-state index is -5.21. The molecule has 1 aromatic rings. The van der Waals surface area contributed by atoms with E-state index in [0.29, 0.717) is 6.20 Å². The summed E-state index contributed by atoms with van der Waals surface area (Å²) < 4.78 is 75.8. The Hall–Kier alpha value is -1.07. The van der Waals surface area contributed by atoms with Crippen LogP contribution in [0.15, 0.2) is 6.20 Å². The summed E-state index contributed by atoms with van der Waals surface area (Å²) in [6.07, 6.45) is -9.85. The Bertz CT molecular complexity index is 470. The van der Waals surface area contributed by atoms with E-state index in [1.165, 1.54) is 0 Å². The second-order valence-electron chi connectivity index (χ2n) is 2.87. The largest absolute Gasteiger partial charge is 0.573 e. The first-order valence-corrected chi connectivity index (χ1v) is 5.10. The zero-order chi connectivity index (χ0) is 14.1. The zero-order valence-electron chi connectivity index (χ0n) is 8.06. The van der Waals surface area contributed by atoms with Crippen LogP contribution in [0.25, 0.3) is 0 Å². The number of aldehydes is 1. The van der Waals surface area contributed by atoms with Crippen molar-refractivity contribution in [1.29, 1.82) is 0 Å². The van der Waals surface area contributed by atoms with Gasteiger partial charge in [0.2, 0.25) is 0 Å². The number of carbonyl (C=O) groups excluding carboxylic acids is 1. The highest BCUT2D eigenvalue weighted by molar-refractivity contribution is 14.1. The van der Waals surface area contributed by atoms with Gasteiger partial charge in [0.25, 0.3) is 0 Å². The van der Waals surface area contributed by atoms with Crippen LogP contribution in [0.1, 0.15) is 16.1 Å². The van der Waals surface area contributed by atoms with Gasteiger partial charge in [0.15, 0.2) is 17.7 Å². The molecule has 0 saturated carbocycles. The lowest BCUT2D eigenvalue weighted by atomic mass is 10.2. The molecular weight excluding hydrogens is 383 g/mol. The van der Waals surface area contributed by atoms with Gasteiger partial charge in [-0.25, -0.2) is 4.98 Å². The van der Waals surface area contributed by atoms with Crippen LogP contribution in [0, 0.1) is 3.57 Å². The number of ether oxygens (including phenoxy) is 1. The van der Waals surface area contributed by atoms with E-state index >= 15 is 0 Å². The molecule has 0 unspecified atom stereocenters. The van der Waals surface area contributed by atoms with Crippen LogP contribution in [-0.4, -0.2) is 17.6 Å². The van der Waals surface area contributed by atoms with Crippen LogP contribution in [0.3, 0.4) is 0 Å². The van der Waals surface area contributed by atoms with Crippen LogP contribution in [0.4, 0.5) is 26.3 Å². The molecule has 0 atom stereocenters. The van der Waals surface area contributed by atoms with Crippen molar-refractivity contribution in [3.8, 4) is 5.75 Å². The van der Waals surface area contributed by atoms with Gasteiger partial charge in [-0.05, 0) is 22.6 Å². The summed E-state index contributed by atoms with van der Waals surface area (Å²) in [6.45, 7) is 0. The van der Waals surface area contributed by atoms with Gasteiger partial charge in [-0.3, -0.25) is 4.79 Å². The second kappa shape index (κ2) is 4.90. The van der Waals surface area contributed by atoms with Crippen LogP contribution < -0.4 is 4.74 Å². The topological polar surface area (TPSA) is 39.2 Å². The van der Waals surface area contributed by atoms with Crippen LogP contribution in [0.2, 0.25) is 0 Å². The molecule has 0 aliphatic carbocycles. The van der Waals surface area contributed by atoms with E-state index in [4.69, 9.17) is 0 Å². The van der Waals surface area contributed by atoms with Crippen LogP contribution in [-0.2, 0) is 6.18 Å². The molecule has 18 heavy (non-hydrogen) atoms. The molecule has 3 nitrogen and oxygen atoms in total. The Morgan fingerprint density at radius 3 is 2.17 bits per heavy atom. The molecule has 0 radical (unpaired) electrons. The third-order valence-corrected chi connectivity index (χ3v) is 2.62. The lowest BCUT2D eigenvalue weighted by molar-refractivity contribution is -0.275. The van der Waals surface area contributed by atoms with E-state index in [0.717, 1.165) is 22.6 Å². The molecule has 0 saturated heterocycles. The van der Waals surface area contributed by atoms with Crippen molar-refractivity contribution >= 4 is 28.9 Å². The number of aromatic nitrogens is 1. The van der Waals surface area contributed by atoms with Crippen molar-refractivity contribution < 1.29 is 35.9 Å². The average molecular weight is 385 g/mol. The SMILES string of the molecule is O=Cc1cnc(C(F)(F)F)c(I)c1OC(F)(F)F. The van der Waals surface area contributed by atoms with Gasteiger partial charge in [0.1, 0.15) is 0 Å². The van der Waals surface area contributed by atoms with E-state index < -0.39 is 33.1 Å². The minimum Gasteiger partial charge on any atom is -0.404 e. The monoisotopic (exact) mass is 385 g/mol.